The van der Waals surface area contributed by atoms with E-state index >= 15 is 0 Å². The predicted molar refractivity (Wildman–Crippen MR) is 104 cm³/mol. The van der Waals surface area contributed by atoms with Gasteiger partial charge in [-0.2, -0.15) is 0 Å². The van der Waals surface area contributed by atoms with Gasteiger partial charge in [0, 0.05) is 5.69 Å². The van der Waals surface area contributed by atoms with Gasteiger partial charge in [0.1, 0.15) is 5.75 Å². The number of carbonyl (C=O) groups excluding carboxylic acids is 1. The zero-order chi connectivity index (χ0) is 17.8. The molecule has 128 valence electrons. The number of carbonyl (C=O) groups is 1. The lowest BCUT2D eigenvalue weighted by atomic mass is 9.98. The lowest BCUT2D eigenvalue weighted by Gasteiger charge is -2.13. The van der Waals surface area contributed by atoms with Crippen molar-refractivity contribution < 1.29 is 9.53 Å². The molecule has 0 aliphatic carbocycles. The molecule has 0 aliphatic heterocycles. The Balaban J connectivity index is 1.86. The van der Waals surface area contributed by atoms with Crippen molar-refractivity contribution in [2.45, 2.75) is 26.2 Å². The number of ether oxygens (including phenoxy) is 1. The fourth-order valence-electron chi connectivity index (χ4n) is 2.89. The van der Waals surface area contributed by atoms with Crippen LogP contribution in [0, 0.1) is 0 Å². The maximum Gasteiger partial charge on any atom is 0.259 e. The van der Waals surface area contributed by atoms with Gasteiger partial charge in [-0.05, 0) is 52.9 Å². The second-order valence-corrected chi connectivity index (χ2v) is 6.29. The molecule has 0 saturated heterocycles. The summed E-state index contributed by atoms with van der Waals surface area (Å²) in [6, 6.07) is 19.8. The highest BCUT2D eigenvalue weighted by molar-refractivity contribution is 6.08. The Labute approximate surface area is 148 Å². The first-order chi connectivity index (χ1) is 12.1. The van der Waals surface area contributed by atoms with Crippen LogP contribution in [-0.2, 0) is 0 Å². The minimum absolute atomic E-state index is 0.168. The quantitative estimate of drug-likeness (QED) is 0.658. The molecule has 3 heteroatoms. The van der Waals surface area contributed by atoms with E-state index in [-0.39, 0.29) is 5.91 Å². The lowest BCUT2D eigenvalue weighted by molar-refractivity contribution is 0.102. The van der Waals surface area contributed by atoms with Gasteiger partial charge in [0.15, 0.2) is 0 Å². The van der Waals surface area contributed by atoms with Crippen LogP contribution in [0.25, 0.3) is 10.8 Å². The molecule has 0 spiro atoms. The number of amides is 1. The van der Waals surface area contributed by atoms with Gasteiger partial charge in [-0.15, -0.1) is 0 Å². The molecule has 1 amide bonds. The monoisotopic (exact) mass is 333 g/mol. The van der Waals surface area contributed by atoms with Crippen molar-refractivity contribution in [2.75, 3.05) is 12.4 Å². The summed E-state index contributed by atoms with van der Waals surface area (Å²) in [6.07, 6.45) is 1.10. The van der Waals surface area contributed by atoms with Crippen molar-refractivity contribution >= 4 is 22.4 Å². The van der Waals surface area contributed by atoms with Crippen LogP contribution in [0.15, 0.2) is 60.7 Å². The highest BCUT2D eigenvalue weighted by Gasteiger charge is 2.14. The number of hydrogen-bond donors (Lipinski definition) is 1. The molecular weight excluding hydrogens is 310 g/mol. The van der Waals surface area contributed by atoms with Gasteiger partial charge in [0.2, 0.25) is 0 Å². The van der Waals surface area contributed by atoms with Crippen molar-refractivity contribution in [1.29, 1.82) is 0 Å². The van der Waals surface area contributed by atoms with Crippen molar-refractivity contribution in [3.63, 3.8) is 0 Å². The van der Waals surface area contributed by atoms with Crippen LogP contribution < -0.4 is 10.1 Å². The Morgan fingerprint density at radius 2 is 1.68 bits per heavy atom. The van der Waals surface area contributed by atoms with E-state index < -0.39 is 0 Å². The van der Waals surface area contributed by atoms with E-state index in [4.69, 9.17) is 4.74 Å². The largest absolute Gasteiger partial charge is 0.496 e. The molecule has 0 bridgehead atoms. The van der Waals surface area contributed by atoms with Crippen molar-refractivity contribution in [2.24, 2.45) is 0 Å². The van der Waals surface area contributed by atoms with E-state index in [9.17, 15) is 4.79 Å². The minimum atomic E-state index is -0.168. The van der Waals surface area contributed by atoms with E-state index in [2.05, 4.69) is 31.3 Å². The minimum Gasteiger partial charge on any atom is -0.496 e. The molecule has 0 aromatic heterocycles. The molecule has 3 aromatic rings. The van der Waals surface area contributed by atoms with Crippen LogP contribution in [0.4, 0.5) is 5.69 Å². The van der Waals surface area contributed by atoms with E-state index in [1.54, 1.807) is 7.11 Å². The molecule has 3 nitrogen and oxygen atoms in total. The fourth-order valence-corrected chi connectivity index (χ4v) is 2.89. The first-order valence-electron chi connectivity index (χ1n) is 8.60. The average molecular weight is 333 g/mol. The highest BCUT2D eigenvalue weighted by Crippen LogP contribution is 2.27. The van der Waals surface area contributed by atoms with Gasteiger partial charge in [-0.3, -0.25) is 4.79 Å². The summed E-state index contributed by atoms with van der Waals surface area (Å²) in [5.41, 5.74) is 2.60. The molecule has 3 aromatic carbocycles. The molecule has 25 heavy (non-hydrogen) atoms. The van der Waals surface area contributed by atoms with Crippen LogP contribution in [0.5, 0.6) is 5.75 Å². The fraction of sp³-hybridized carbons (Fsp3) is 0.227. The molecule has 1 N–H and O–H groups in total. The molecule has 0 heterocycles. The standard InChI is InChI=1S/C22H23NO2/c1-4-15(2)16-9-11-19(12-10-16)23-22(24)20-13-17-7-5-6-8-18(17)14-21(20)25-3/h5-15H,4H2,1-3H3,(H,23,24)/t15-/m0/s1. The maximum atomic E-state index is 12.7. The van der Waals surface area contributed by atoms with Gasteiger partial charge < -0.3 is 10.1 Å². The van der Waals surface area contributed by atoms with E-state index in [1.807, 2.05) is 48.5 Å². The molecule has 0 radical (unpaired) electrons. The van der Waals surface area contributed by atoms with Crippen LogP contribution >= 0.6 is 0 Å². The molecule has 3 rings (SSSR count). The maximum absolute atomic E-state index is 12.7. The third kappa shape index (κ3) is 3.66. The number of nitrogens with one attached hydrogen (secondary N) is 1. The Kier molecular flexibility index (Phi) is 5.03. The summed E-state index contributed by atoms with van der Waals surface area (Å²) in [5.74, 6) is 0.927. The van der Waals surface area contributed by atoms with Gasteiger partial charge in [-0.1, -0.05) is 50.2 Å². The number of benzene rings is 3. The second kappa shape index (κ2) is 7.39. The summed E-state index contributed by atoms with van der Waals surface area (Å²) < 4.78 is 5.42. The SMILES string of the molecule is CC[C@H](C)c1ccc(NC(=O)c2cc3ccccc3cc2OC)cc1. The molecule has 1 atom stereocenters. The van der Waals surface area contributed by atoms with Crippen LogP contribution in [0.3, 0.4) is 0 Å². The molecular formula is C22H23NO2. The zero-order valence-electron chi connectivity index (χ0n) is 14.9. The highest BCUT2D eigenvalue weighted by atomic mass is 16.5. The number of hydrogen-bond acceptors (Lipinski definition) is 2. The molecule has 0 aliphatic rings. The predicted octanol–water partition coefficient (Wildman–Crippen LogP) is 5.61. The number of anilines is 1. The normalized spacial score (nSPS) is 12.0. The van der Waals surface area contributed by atoms with Gasteiger partial charge in [0.25, 0.3) is 5.91 Å². The van der Waals surface area contributed by atoms with Crippen LogP contribution in [-0.4, -0.2) is 13.0 Å². The van der Waals surface area contributed by atoms with Gasteiger partial charge in [-0.25, -0.2) is 0 Å². The third-order valence-electron chi connectivity index (χ3n) is 4.66. The summed E-state index contributed by atoms with van der Waals surface area (Å²) in [7, 11) is 1.59. The first kappa shape index (κ1) is 17.0. The molecule has 0 unspecified atom stereocenters. The van der Waals surface area contributed by atoms with E-state index in [0.717, 1.165) is 22.9 Å². The smallest absolute Gasteiger partial charge is 0.259 e. The molecule has 0 saturated carbocycles. The van der Waals surface area contributed by atoms with E-state index in [0.29, 0.717) is 17.2 Å². The second-order valence-electron chi connectivity index (χ2n) is 6.29. The van der Waals surface area contributed by atoms with Crippen molar-refractivity contribution in [3.05, 3.63) is 71.8 Å². The number of fused-ring (bicyclic) bond motifs is 1. The summed E-state index contributed by atoms with van der Waals surface area (Å²) in [5, 5.41) is 5.03. The summed E-state index contributed by atoms with van der Waals surface area (Å²) >= 11 is 0. The van der Waals surface area contributed by atoms with Gasteiger partial charge in [0.05, 0.1) is 12.7 Å². The first-order valence-corrected chi connectivity index (χ1v) is 8.60. The number of rotatable bonds is 5. The van der Waals surface area contributed by atoms with Crippen molar-refractivity contribution in [1.82, 2.24) is 0 Å². The van der Waals surface area contributed by atoms with Crippen LogP contribution in [0.1, 0.15) is 42.1 Å². The average Bonchev–Trinajstić information content (AvgIpc) is 2.66. The Morgan fingerprint density at radius 3 is 2.28 bits per heavy atom. The lowest BCUT2D eigenvalue weighted by Crippen LogP contribution is -2.13. The van der Waals surface area contributed by atoms with Crippen molar-refractivity contribution in [3.8, 4) is 5.75 Å². The zero-order valence-corrected chi connectivity index (χ0v) is 14.9. The topological polar surface area (TPSA) is 38.3 Å². The van der Waals surface area contributed by atoms with Gasteiger partial charge >= 0.3 is 0 Å². The third-order valence-corrected chi connectivity index (χ3v) is 4.66. The Bertz CT molecular complexity index is 884. The Hall–Kier alpha value is -2.81. The molecule has 0 fully saturated rings. The summed E-state index contributed by atoms with van der Waals surface area (Å²) in [4.78, 5) is 12.7. The number of methoxy groups -OCH3 is 1. The van der Waals surface area contributed by atoms with Crippen LogP contribution in [0.2, 0.25) is 0 Å². The summed E-state index contributed by atoms with van der Waals surface area (Å²) in [6.45, 7) is 4.37. The van der Waals surface area contributed by atoms with E-state index in [1.165, 1.54) is 5.56 Å². The Morgan fingerprint density at radius 1 is 1.04 bits per heavy atom.